The second-order valence-corrected chi connectivity index (χ2v) is 11.0. The van der Waals surface area contributed by atoms with E-state index >= 15 is 0 Å². The van der Waals surface area contributed by atoms with E-state index in [9.17, 15) is 14.7 Å². The number of amides is 1. The number of hydrogen-bond donors (Lipinski definition) is 6. The molecule has 0 aliphatic heterocycles. The van der Waals surface area contributed by atoms with E-state index in [4.69, 9.17) is 10.5 Å². The highest BCUT2D eigenvalue weighted by atomic mass is 16.5. The summed E-state index contributed by atoms with van der Waals surface area (Å²) in [5.74, 6) is 0.893. The normalized spacial score (nSPS) is 12.8. The number of nitrogens with one attached hydrogen (secondary N) is 4. The molecule has 4 rings (SSSR count). The maximum Gasteiger partial charge on any atom is 0.261 e. The minimum atomic E-state index is -0.828. The van der Waals surface area contributed by atoms with E-state index in [0.717, 1.165) is 36.1 Å². The fraction of sp³-hybridized carbons (Fsp3) is 0.394. The first-order valence-electron chi connectivity index (χ1n) is 15.1. The number of aliphatic hydroxyl groups excluding tert-OH is 1. The number of fused-ring (bicyclic) bond motifs is 1. The molecule has 2 aromatic carbocycles. The number of nitrogens with zero attached hydrogens (tertiary/aromatic N) is 2. The smallest absolute Gasteiger partial charge is 0.261 e. The molecule has 0 saturated heterocycles. The summed E-state index contributed by atoms with van der Waals surface area (Å²) in [4.78, 5) is 40.9. The largest absolute Gasteiger partial charge is 0.491 e. The van der Waals surface area contributed by atoms with E-state index in [1.165, 1.54) is 18.1 Å². The first-order valence-corrected chi connectivity index (χ1v) is 15.1. The van der Waals surface area contributed by atoms with Gasteiger partial charge in [0, 0.05) is 30.9 Å². The molecule has 0 spiro atoms. The summed E-state index contributed by atoms with van der Waals surface area (Å²) in [6.45, 7) is 8.81. The van der Waals surface area contributed by atoms with E-state index in [2.05, 4.69) is 50.5 Å². The molecule has 0 aliphatic carbocycles. The topological polar surface area (TPSA) is 171 Å². The summed E-state index contributed by atoms with van der Waals surface area (Å²) in [7, 11) is 0. The number of carbonyl (C=O) groups is 1. The molecule has 0 saturated carbocycles. The Morgan fingerprint density at radius 3 is 2.70 bits per heavy atom. The van der Waals surface area contributed by atoms with E-state index in [-0.39, 0.29) is 30.7 Å². The summed E-state index contributed by atoms with van der Waals surface area (Å²) in [5, 5.41) is 16.9. The van der Waals surface area contributed by atoms with Crippen LogP contribution in [0.25, 0.3) is 22.4 Å². The van der Waals surface area contributed by atoms with Crippen LogP contribution in [-0.2, 0) is 6.42 Å². The molecule has 0 aliphatic rings. The van der Waals surface area contributed by atoms with Crippen LogP contribution in [0.2, 0.25) is 0 Å². The zero-order chi connectivity index (χ0) is 31.6. The Morgan fingerprint density at radius 2 is 1.98 bits per heavy atom. The van der Waals surface area contributed by atoms with Crippen LogP contribution in [0.3, 0.4) is 0 Å². The lowest BCUT2D eigenvalue weighted by molar-refractivity contribution is 0.0932. The van der Waals surface area contributed by atoms with Gasteiger partial charge in [-0.1, -0.05) is 32.4 Å². The third-order valence-corrected chi connectivity index (χ3v) is 7.56. The number of benzene rings is 2. The molecule has 0 fully saturated rings. The van der Waals surface area contributed by atoms with Gasteiger partial charge in [-0.05, 0) is 74.1 Å². The minimum absolute atomic E-state index is 0.0241. The molecule has 0 bridgehead atoms. The number of aromatic nitrogens is 3. The molecule has 0 radical (unpaired) electrons. The lowest BCUT2D eigenvalue weighted by atomic mass is 10.0. The lowest BCUT2D eigenvalue weighted by Crippen LogP contribution is -2.35. The van der Waals surface area contributed by atoms with Crippen molar-refractivity contribution in [3.63, 3.8) is 0 Å². The quantitative estimate of drug-likeness (QED) is 0.0875. The first kappa shape index (κ1) is 32.3. The van der Waals surface area contributed by atoms with Crippen molar-refractivity contribution < 1.29 is 14.6 Å². The van der Waals surface area contributed by atoms with Gasteiger partial charge in [-0.15, -0.1) is 0 Å². The van der Waals surface area contributed by atoms with Crippen LogP contribution in [0, 0.1) is 13.8 Å². The van der Waals surface area contributed by atoms with Crippen molar-refractivity contribution in [3.8, 4) is 17.1 Å². The Kier molecular flexibility index (Phi) is 11.1. The number of pyridine rings is 1. The van der Waals surface area contributed by atoms with Crippen LogP contribution < -0.4 is 26.7 Å². The lowest BCUT2D eigenvalue weighted by Gasteiger charge is -2.18. The molecule has 44 heavy (non-hydrogen) atoms. The monoisotopic (exact) mass is 601 g/mol. The number of aromatic amines is 2. The van der Waals surface area contributed by atoms with Crippen molar-refractivity contribution in [1.82, 2.24) is 20.3 Å². The Bertz CT molecular complexity index is 1660. The van der Waals surface area contributed by atoms with Crippen LogP contribution in [0.15, 0.2) is 52.4 Å². The van der Waals surface area contributed by atoms with Gasteiger partial charge in [0.2, 0.25) is 0 Å². The van der Waals surface area contributed by atoms with Crippen molar-refractivity contribution in [2.75, 3.05) is 25.0 Å². The van der Waals surface area contributed by atoms with Gasteiger partial charge in [-0.25, -0.2) is 4.98 Å². The van der Waals surface area contributed by atoms with Gasteiger partial charge in [0.1, 0.15) is 29.8 Å². The summed E-state index contributed by atoms with van der Waals surface area (Å²) in [5.41, 5.74) is 10.6. The average Bonchev–Trinajstić information content (AvgIpc) is 3.41. The van der Waals surface area contributed by atoms with Crippen LogP contribution in [-0.4, -0.2) is 64.1 Å². The Labute approximate surface area is 257 Å². The number of aliphatic hydroxyl groups is 1. The molecule has 11 heteroatoms. The fourth-order valence-corrected chi connectivity index (χ4v) is 5.16. The SMILES string of the molecule is CCCC(CCN=CN)NC(=O)c1cc2nc(-c3c(NCC(O)COc4ccc(CC)cc4C)cc[nH]c3=O)[nH]c2cc1C. The zero-order valence-electron chi connectivity index (χ0n) is 25.9. The number of aliphatic imine (C=N–C) groups is 1. The third-order valence-electron chi connectivity index (χ3n) is 7.56. The van der Waals surface area contributed by atoms with Crippen molar-refractivity contribution in [3.05, 3.63) is 75.2 Å². The number of rotatable bonds is 15. The van der Waals surface area contributed by atoms with Gasteiger partial charge >= 0.3 is 0 Å². The maximum atomic E-state index is 13.2. The maximum absolute atomic E-state index is 13.2. The highest BCUT2D eigenvalue weighted by molar-refractivity contribution is 5.99. The van der Waals surface area contributed by atoms with Crippen LogP contribution >= 0.6 is 0 Å². The molecule has 2 atom stereocenters. The van der Waals surface area contributed by atoms with Gasteiger partial charge < -0.3 is 36.2 Å². The van der Waals surface area contributed by atoms with E-state index in [1.54, 1.807) is 12.1 Å². The molecule has 234 valence electrons. The number of carbonyl (C=O) groups excluding carboxylic acids is 1. The number of anilines is 1. The molecular weight excluding hydrogens is 558 g/mol. The van der Waals surface area contributed by atoms with Crippen molar-refractivity contribution in [1.29, 1.82) is 0 Å². The second-order valence-electron chi connectivity index (χ2n) is 11.0. The molecule has 4 aromatic rings. The molecule has 7 N–H and O–H groups in total. The Balaban J connectivity index is 1.49. The Morgan fingerprint density at radius 1 is 1.16 bits per heavy atom. The molecule has 2 unspecified atom stereocenters. The first-order chi connectivity index (χ1) is 21.2. The molecule has 11 nitrogen and oxygen atoms in total. The highest BCUT2D eigenvalue weighted by Gasteiger charge is 2.19. The summed E-state index contributed by atoms with van der Waals surface area (Å²) in [6.07, 6.45) is 5.39. The van der Waals surface area contributed by atoms with Gasteiger partial charge in [0.15, 0.2) is 0 Å². The van der Waals surface area contributed by atoms with Crippen LogP contribution in [0.5, 0.6) is 5.75 Å². The standard InChI is InChI=1S/C33H43N7O4/c1-5-7-23(10-12-35-19-34)38-32(42)25-16-28-27(15-20(25)3)39-31(40-28)30-26(11-13-36-33(30)43)37-17-24(41)18-44-29-9-8-22(6-2)14-21(29)4/h8-9,11,13-16,19,23-24,41H,5-7,10,12,17-18H2,1-4H3,(H2,34,35)(H,38,42)(H,39,40)(H2,36,37,43). The second kappa shape index (κ2) is 15.2. The average molecular weight is 602 g/mol. The van der Waals surface area contributed by atoms with Gasteiger partial charge in [-0.2, -0.15) is 0 Å². The van der Waals surface area contributed by atoms with Crippen molar-refractivity contribution >= 4 is 29.0 Å². The fourth-order valence-electron chi connectivity index (χ4n) is 5.16. The van der Waals surface area contributed by atoms with Crippen molar-refractivity contribution in [2.45, 2.75) is 65.5 Å². The highest BCUT2D eigenvalue weighted by Crippen LogP contribution is 2.26. The summed E-state index contributed by atoms with van der Waals surface area (Å²) >= 11 is 0. The van der Waals surface area contributed by atoms with Crippen molar-refractivity contribution in [2.24, 2.45) is 10.7 Å². The molecular formula is C33H43N7O4. The summed E-state index contributed by atoms with van der Waals surface area (Å²) < 4.78 is 5.85. The van der Waals surface area contributed by atoms with E-state index < -0.39 is 6.10 Å². The zero-order valence-corrected chi connectivity index (χ0v) is 25.9. The van der Waals surface area contributed by atoms with Gasteiger partial charge in [0.05, 0.1) is 23.1 Å². The molecule has 2 aromatic heterocycles. The third kappa shape index (κ3) is 8.04. The minimum Gasteiger partial charge on any atom is -0.491 e. The molecule has 1 amide bonds. The number of hydrogen-bond acceptors (Lipinski definition) is 7. The van der Waals surface area contributed by atoms with E-state index in [1.807, 2.05) is 32.0 Å². The summed E-state index contributed by atoms with van der Waals surface area (Å²) in [6, 6.07) is 11.3. The van der Waals surface area contributed by atoms with E-state index in [0.29, 0.717) is 46.6 Å². The number of H-pyrrole nitrogens is 2. The predicted octanol–water partition coefficient (Wildman–Crippen LogP) is 4.22. The number of imidazole rings is 1. The number of nitrogens with two attached hydrogens (primary N) is 1. The van der Waals surface area contributed by atoms with Gasteiger partial charge in [0.25, 0.3) is 11.5 Å². The van der Waals surface area contributed by atoms with Gasteiger partial charge in [-0.3, -0.25) is 14.6 Å². The van der Waals surface area contributed by atoms with Crippen LogP contribution in [0.1, 0.15) is 60.2 Å². The van der Waals surface area contributed by atoms with Crippen LogP contribution in [0.4, 0.5) is 5.69 Å². The number of aryl methyl sites for hydroxylation is 3. The predicted molar refractivity (Wildman–Crippen MR) is 176 cm³/mol. The number of ether oxygens (including phenoxy) is 1. The Hall–Kier alpha value is -4.64. The molecule has 2 heterocycles.